The lowest BCUT2D eigenvalue weighted by Crippen LogP contribution is -2.37. The molecule has 128 valence electrons. The van der Waals surface area contributed by atoms with Crippen molar-refractivity contribution in [1.82, 2.24) is 19.9 Å². The molecule has 1 fully saturated rings. The van der Waals surface area contributed by atoms with Crippen molar-refractivity contribution in [1.29, 1.82) is 0 Å². The number of hydrogen-bond donors (Lipinski definition) is 1. The van der Waals surface area contributed by atoms with Crippen LogP contribution in [0.5, 0.6) is 0 Å². The summed E-state index contributed by atoms with van der Waals surface area (Å²) in [5.74, 6) is 0.228. The number of fused-ring (bicyclic) bond motifs is 1. The normalized spacial score (nSPS) is 14.9. The van der Waals surface area contributed by atoms with E-state index in [4.69, 9.17) is 22.1 Å². The molecule has 3 aromatic rings. The van der Waals surface area contributed by atoms with Gasteiger partial charge in [0.1, 0.15) is 5.82 Å². The van der Waals surface area contributed by atoms with Crippen LogP contribution in [0.1, 0.15) is 0 Å². The van der Waals surface area contributed by atoms with Crippen LogP contribution in [0.25, 0.3) is 22.4 Å². The van der Waals surface area contributed by atoms with Gasteiger partial charge in [-0.1, -0.05) is 17.7 Å². The Balaban J connectivity index is 1.85. The van der Waals surface area contributed by atoms with Crippen molar-refractivity contribution in [2.24, 2.45) is 0 Å². The van der Waals surface area contributed by atoms with Crippen molar-refractivity contribution in [3.8, 4) is 11.3 Å². The number of halogens is 2. The van der Waals surface area contributed by atoms with E-state index in [1.54, 1.807) is 6.07 Å². The number of nitrogens with two attached hydrogens (primary N) is 1. The molecule has 7 nitrogen and oxygen atoms in total. The van der Waals surface area contributed by atoms with Crippen LogP contribution >= 0.6 is 11.6 Å². The predicted octanol–water partition coefficient (Wildman–Crippen LogP) is 2.30. The molecular formula is C16H14ClFN6O. The molecule has 1 saturated heterocycles. The number of anilines is 2. The van der Waals surface area contributed by atoms with Gasteiger partial charge in [-0.15, -0.1) is 0 Å². The molecule has 2 aromatic heterocycles. The number of morpholine rings is 1. The molecule has 0 unspecified atom stereocenters. The summed E-state index contributed by atoms with van der Waals surface area (Å²) in [7, 11) is 0. The van der Waals surface area contributed by atoms with Crippen molar-refractivity contribution in [2.75, 3.05) is 36.9 Å². The molecule has 2 N–H and O–H groups in total. The maximum Gasteiger partial charge on any atom is 0.224 e. The van der Waals surface area contributed by atoms with Crippen LogP contribution in [-0.4, -0.2) is 46.2 Å². The van der Waals surface area contributed by atoms with E-state index in [0.29, 0.717) is 54.5 Å². The van der Waals surface area contributed by atoms with Gasteiger partial charge in [-0.3, -0.25) is 0 Å². The second-order valence-electron chi connectivity index (χ2n) is 5.56. The SMILES string of the molecule is Nc1nc(N2CCOCC2)c2nc(-c3ccc(Cl)c(F)c3)cnc2n1. The molecule has 9 heteroatoms. The van der Waals surface area contributed by atoms with Gasteiger partial charge in [0.05, 0.1) is 30.1 Å². The highest BCUT2D eigenvalue weighted by Crippen LogP contribution is 2.27. The van der Waals surface area contributed by atoms with Gasteiger partial charge >= 0.3 is 0 Å². The zero-order valence-corrected chi connectivity index (χ0v) is 13.9. The first-order valence-electron chi connectivity index (χ1n) is 7.70. The summed E-state index contributed by atoms with van der Waals surface area (Å²) in [5.41, 5.74) is 7.79. The van der Waals surface area contributed by atoms with E-state index >= 15 is 0 Å². The topological polar surface area (TPSA) is 90.0 Å². The van der Waals surface area contributed by atoms with E-state index in [-0.39, 0.29) is 11.0 Å². The molecule has 0 aliphatic carbocycles. The quantitative estimate of drug-likeness (QED) is 0.749. The highest BCUT2D eigenvalue weighted by molar-refractivity contribution is 6.30. The van der Waals surface area contributed by atoms with Crippen molar-refractivity contribution < 1.29 is 9.13 Å². The van der Waals surface area contributed by atoms with E-state index in [1.807, 2.05) is 4.90 Å². The summed E-state index contributed by atoms with van der Waals surface area (Å²) in [5, 5.41) is 0.0580. The second-order valence-corrected chi connectivity index (χ2v) is 5.97. The van der Waals surface area contributed by atoms with E-state index in [0.717, 1.165) is 0 Å². The Bertz CT molecular complexity index is 947. The van der Waals surface area contributed by atoms with Gasteiger partial charge in [0, 0.05) is 18.7 Å². The Hall–Kier alpha value is -2.58. The third-order valence-electron chi connectivity index (χ3n) is 3.93. The Labute approximate surface area is 147 Å². The molecule has 25 heavy (non-hydrogen) atoms. The predicted molar refractivity (Wildman–Crippen MR) is 93.0 cm³/mol. The Morgan fingerprint density at radius 1 is 1.16 bits per heavy atom. The largest absolute Gasteiger partial charge is 0.378 e. The number of nitrogens with zero attached hydrogens (tertiary/aromatic N) is 5. The molecule has 0 amide bonds. The minimum atomic E-state index is -0.511. The Kier molecular flexibility index (Phi) is 4.06. The molecule has 1 aliphatic rings. The van der Waals surface area contributed by atoms with Crippen molar-refractivity contribution in [3.63, 3.8) is 0 Å². The highest BCUT2D eigenvalue weighted by atomic mass is 35.5. The fourth-order valence-corrected chi connectivity index (χ4v) is 2.82. The van der Waals surface area contributed by atoms with Gasteiger partial charge in [0.15, 0.2) is 17.0 Å². The van der Waals surface area contributed by atoms with E-state index in [9.17, 15) is 4.39 Å². The minimum Gasteiger partial charge on any atom is -0.378 e. The van der Waals surface area contributed by atoms with E-state index in [2.05, 4.69) is 19.9 Å². The third-order valence-corrected chi connectivity index (χ3v) is 4.24. The summed E-state index contributed by atoms with van der Waals surface area (Å²) >= 11 is 5.74. The van der Waals surface area contributed by atoms with Crippen LogP contribution in [0.15, 0.2) is 24.4 Å². The molecule has 0 atom stereocenters. The smallest absolute Gasteiger partial charge is 0.224 e. The molecule has 0 saturated carbocycles. The third kappa shape index (κ3) is 3.06. The van der Waals surface area contributed by atoms with Crippen LogP contribution in [0, 0.1) is 5.82 Å². The van der Waals surface area contributed by atoms with Crippen LogP contribution in [0.4, 0.5) is 16.2 Å². The van der Waals surface area contributed by atoms with Crippen LogP contribution in [0.3, 0.4) is 0 Å². The van der Waals surface area contributed by atoms with Gasteiger partial charge in [-0.05, 0) is 12.1 Å². The molecule has 0 bridgehead atoms. The van der Waals surface area contributed by atoms with Crippen molar-refractivity contribution in [3.05, 3.63) is 35.2 Å². The van der Waals surface area contributed by atoms with Gasteiger partial charge < -0.3 is 15.4 Å². The number of nitrogen functional groups attached to an aromatic ring is 1. The maximum absolute atomic E-state index is 13.8. The minimum absolute atomic E-state index is 0.0580. The fraction of sp³-hybridized carbons (Fsp3) is 0.250. The summed E-state index contributed by atoms with van der Waals surface area (Å²) in [4.78, 5) is 19.4. The van der Waals surface area contributed by atoms with Crippen LogP contribution in [0.2, 0.25) is 5.02 Å². The lowest BCUT2D eigenvalue weighted by Gasteiger charge is -2.28. The standard InChI is InChI=1S/C16H14ClFN6O/c17-10-2-1-9(7-11(10)18)12-8-20-14-13(21-12)15(23-16(19)22-14)24-3-5-25-6-4-24/h1-2,7-8H,3-6H2,(H2,19,20,22,23). The molecule has 1 aliphatic heterocycles. The first-order valence-corrected chi connectivity index (χ1v) is 8.08. The molecule has 4 rings (SSSR count). The average molecular weight is 361 g/mol. The lowest BCUT2D eigenvalue weighted by atomic mass is 10.1. The molecule has 0 radical (unpaired) electrons. The van der Waals surface area contributed by atoms with Gasteiger partial charge in [-0.25, -0.2) is 14.4 Å². The number of ether oxygens (including phenoxy) is 1. The Morgan fingerprint density at radius 3 is 2.72 bits per heavy atom. The van der Waals surface area contributed by atoms with Crippen LogP contribution < -0.4 is 10.6 Å². The number of rotatable bonds is 2. The summed E-state index contributed by atoms with van der Waals surface area (Å²) in [6.45, 7) is 2.54. The molecule has 3 heterocycles. The zero-order chi connectivity index (χ0) is 17.4. The number of hydrogen-bond acceptors (Lipinski definition) is 7. The molecular weight excluding hydrogens is 347 g/mol. The van der Waals surface area contributed by atoms with Crippen LogP contribution in [-0.2, 0) is 4.74 Å². The van der Waals surface area contributed by atoms with E-state index < -0.39 is 5.82 Å². The second kappa shape index (κ2) is 6.38. The number of benzene rings is 1. The average Bonchev–Trinajstić information content (AvgIpc) is 2.63. The number of aromatic nitrogens is 4. The maximum atomic E-state index is 13.8. The fourth-order valence-electron chi connectivity index (χ4n) is 2.70. The lowest BCUT2D eigenvalue weighted by molar-refractivity contribution is 0.122. The Morgan fingerprint density at radius 2 is 1.96 bits per heavy atom. The van der Waals surface area contributed by atoms with Gasteiger partial charge in [0.2, 0.25) is 5.95 Å². The molecule has 0 spiro atoms. The summed E-state index contributed by atoms with van der Waals surface area (Å²) in [6, 6.07) is 4.50. The van der Waals surface area contributed by atoms with E-state index in [1.165, 1.54) is 18.3 Å². The highest BCUT2D eigenvalue weighted by Gasteiger charge is 2.19. The first kappa shape index (κ1) is 15.9. The monoisotopic (exact) mass is 360 g/mol. The zero-order valence-electron chi connectivity index (χ0n) is 13.1. The summed E-state index contributed by atoms with van der Waals surface area (Å²) in [6.07, 6.45) is 1.53. The van der Waals surface area contributed by atoms with Gasteiger partial charge in [-0.2, -0.15) is 9.97 Å². The molecule has 1 aromatic carbocycles. The van der Waals surface area contributed by atoms with Crippen molar-refractivity contribution >= 4 is 34.5 Å². The van der Waals surface area contributed by atoms with Crippen molar-refractivity contribution in [2.45, 2.75) is 0 Å². The summed E-state index contributed by atoms with van der Waals surface area (Å²) < 4.78 is 19.1. The first-order chi connectivity index (χ1) is 12.1. The van der Waals surface area contributed by atoms with Gasteiger partial charge in [0.25, 0.3) is 0 Å².